The lowest BCUT2D eigenvalue weighted by atomic mass is 10.1. The van der Waals surface area contributed by atoms with E-state index in [-0.39, 0.29) is 0 Å². The molecule has 0 fully saturated rings. The zero-order valence-corrected chi connectivity index (χ0v) is 43.0. The van der Waals surface area contributed by atoms with Gasteiger partial charge in [0.2, 0.25) is 0 Å². The normalized spacial score (nSPS) is 17.8. The van der Waals surface area contributed by atoms with E-state index in [1.165, 1.54) is 32.1 Å². The third-order valence-electron chi connectivity index (χ3n) is 9.08. The van der Waals surface area contributed by atoms with Gasteiger partial charge in [0.1, 0.15) is 0 Å². The van der Waals surface area contributed by atoms with Crippen LogP contribution in [0.15, 0.2) is 106 Å². The Morgan fingerprint density at radius 1 is 0.446 bits per heavy atom. The minimum absolute atomic E-state index is 0.421. The first-order chi connectivity index (χ1) is 26.5. The fourth-order valence-electron chi connectivity index (χ4n) is 6.31. The smallest absolute Gasteiger partial charge is 0.352 e. The summed E-state index contributed by atoms with van der Waals surface area (Å²) in [5, 5.41) is 1.06. The molecule has 0 aliphatic rings. The van der Waals surface area contributed by atoms with Crippen LogP contribution < -0.4 is 5.19 Å². The van der Waals surface area contributed by atoms with Crippen LogP contribution in [0.2, 0.25) is 57.4 Å². The first kappa shape index (κ1) is 54.6. The summed E-state index contributed by atoms with van der Waals surface area (Å²) >= 11 is 0. The molecule has 0 aromatic heterocycles. The monoisotopic (exact) mass is 880 g/mol. The molecule has 0 saturated carbocycles. The van der Waals surface area contributed by atoms with E-state index >= 15 is 0 Å². The van der Waals surface area contributed by atoms with E-state index in [0.717, 1.165) is 42.6 Å². The molecule has 0 N–H and O–H groups in total. The molecule has 56 heavy (non-hydrogen) atoms. The zero-order valence-electron chi connectivity index (χ0n) is 37.0. The third-order valence-corrected chi connectivity index (χ3v) is 32.3. The van der Waals surface area contributed by atoms with Gasteiger partial charge in [-0.25, -0.2) is 0 Å². The standard InChI is InChI=1S/C22H46O4Si3.C20H34O4Si3/c1-9-14-15-16-17-18-22-29(8,25-27(6,13-5)23-19-10-2)26-28(7,21-12-4)24-20-11-3;1-8-17-21-25(5,11-4)23-27(7,20-15-13-12-14-16-20)24-26(6,19-10-3)22-18-9-2/h10-11,13H,2-3,5,9,12,14-22H2,1,4,6-8H3;8-9,11-16H,1-2,4,10,17-19H2,3,5-7H3. The van der Waals surface area contributed by atoms with Crippen LogP contribution in [0.25, 0.3) is 0 Å². The average Bonchev–Trinajstić information content (AvgIpc) is 3.16. The fraction of sp³-hybridized carbons (Fsp3) is 0.571. The van der Waals surface area contributed by atoms with Crippen molar-refractivity contribution in [2.45, 2.75) is 130 Å². The highest BCUT2D eigenvalue weighted by Gasteiger charge is 2.49. The van der Waals surface area contributed by atoms with E-state index in [1.54, 1.807) is 30.0 Å². The van der Waals surface area contributed by atoms with Crippen LogP contribution in [0, 0.1) is 0 Å². The maximum Gasteiger partial charge on any atom is 0.352 e. The van der Waals surface area contributed by atoms with E-state index < -0.39 is 51.4 Å². The van der Waals surface area contributed by atoms with Crippen LogP contribution in [-0.4, -0.2) is 77.8 Å². The van der Waals surface area contributed by atoms with Crippen molar-refractivity contribution in [1.29, 1.82) is 0 Å². The van der Waals surface area contributed by atoms with Crippen LogP contribution in [0.5, 0.6) is 0 Å². The molecule has 14 heteroatoms. The SMILES string of the molecule is C=CCO[Si](C)(C=C)O[Si](C)(CCCCCCCC)O[Si](C)(CCC)OCC=C.C=CCO[Si](C)(C=C)O[Si](C)(O[Si](C)(CCC)OCC=C)c1ccccc1. The summed E-state index contributed by atoms with van der Waals surface area (Å²) in [4.78, 5) is 0. The Morgan fingerprint density at radius 2 is 0.875 bits per heavy atom. The van der Waals surface area contributed by atoms with E-state index in [4.69, 9.17) is 34.2 Å². The average molecular weight is 882 g/mol. The van der Waals surface area contributed by atoms with E-state index in [0.29, 0.717) is 26.4 Å². The molecule has 0 spiro atoms. The molecule has 6 unspecified atom stereocenters. The summed E-state index contributed by atoms with van der Waals surface area (Å²) in [6, 6.07) is 12.9. The van der Waals surface area contributed by atoms with Gasteiger partial charge in [0.25, 0.3) is 0 Å². The van der Waals surface area contributed by atoms with Gasteiger partial charge in [-0.3, -0.25) is 0 Å². The highest BCUT2D eigenvalue weighted by molar-refractivity contribution is 6.93. The predicted octanol–water partition coefficient (Wildman–Crippen LogP) is 11.8. The predicted molar refractivity (Wildman–Crippen MR) is 253 cm³/mol. The summed E-state index contributed by atoms with van der Waals surface area (Å²) in [7, 11) is -15.3. The molecule has 0 aliphatic heterocycles. The highest BCUT2D eigenvalue weighted by Crippen LogP contribution is 2.31. The number of unbranched alkanes of at least 4 members (excludes halogenated alkanes) is 5. The van der Waals surface area contributed by atoms with Gasteiger partial charge < -0.3 is 34.2 Å². The Labute approximate surface area is 350 Å². The van der Waals surface area contributed by atoms with Gasteiger partial charge >= 0.3 is 51.4 Å². The molecular formula is C42H80O8Si6. The van der Waals surface area contributed by atoms with Crippen LogP contribution >= 0.6 is 0 Å². The summed E-state index contributed by atoms with van der Waals surface area (Å²) in [5.41, 5.74) is 3.66. The number of rotatable bonds is 34. The minimum Gasteiger partial charge on any atom is -0.415 e. The van der Waals surface area contributed by atoms with Crippen molar-refractivity contribution in [1.82, 2.24) is 0 Å². The quantitative estimate of drug-likeness (QED) is 0.0385. The van der Waals surface area contributed by atoms with Gasteiger partial charge in [-0.1, -0.05) is 138 Å². The maximum atomic E-state index is 6.84. The van der Waals surface area contributed by atoms with Crippen molar-refractivity contribution in [3.05, 3.63) is 106 Å². The summed E-state index contributed by atoms with van der Waals surface area (Å²) in [6.07, 6.45) is 16.6. The molecule has 0 bridgehead atoms. The molecule has 0 radical (unpaired) electrons. The van der Waals surface area contributed by atoms with Gasteiger partial charge in [-0.05, 0) is 62.6 Å². The van der Waals surface area contributed by atoms with Crippen molar-refractivity contribution < 1.29 is 34.2 Å². The zero-order chi connectivity index (χ0) is 42.6. The molecule has 6 atom stereocenters. The molecule has 0 amide bonds. The Morgan fingerprint density at radius 3 is 1.32 bits per heavy atom. The molecular weight excluding hydrogens is 801 g/mol. The van der Waals surface area contributed by atoms with Gasteiger partial charge in [-0.15, -0.1) is 39.5 Å². The fourth-order valence-corrected chi connectivity index (χ4v) is 30.9. The minimum atomic E-state index is -2.82. The number of benzene rings is 1. The van der Waals surface area contributed by atoms with Crippen LogP contribution in [-0.2, 0) is 34.2 Å². The lowest BCUT2D eigenvalue weighted by molar-refractivity contribution is 0.219. The topological polar surface area (TPSA) is 73.8 Å². The molecule has 0 heterocycles. The molecule has 1 aromatic carbocycles. The van der Waals surface area contributed by atoms with Gasteiger partial charge in [0, 0.05) is 0 Å². The summed E-state index contributed by atoms with van der Waals surface area (Å²) in [6.45, 7) is 44.0. The van der Waals surface area contributed by atoms with Crippen molar-refractivity contribution in [3.63, 3.8) is 0 Å². The molecule has 1 rings (SSSR count). The van der Waals surface area contributed by atoms with E-state index in [2.05, 4.69) is 98.6 Å². The Kier molecular flexibility index (Phi) is 28.3. The molecule has 0 aliphatic carbocycles. The summed E-state index contributed by atoms with van der Waals surface area (Å²) < 4.78 is 51.4. The van der Waals surface area contributed by atoms with Crippen molar-refractivity contribution in [3.8, 4) is 0 Å². The van der Waals surface area contributed by atoms with Gasteiger partial charge in [0.15, 0.2) is 0 Å². The highest BCUT2D eigenvalue weighted by atomic mass is 28.5. The van der Waals surface area contributed by atoms with Crippen molar-refractivity contribution in [2.75, 3.05) is 26.4 Å². The molecule has 8 nitrogen and oxygen atoms in total. The molecule has 1 aromatic rings. The van der Waals surface area contributed by atoms with Crippen LogP contribution in [0.3, 0.4) is 0 Å². The first-order valence-corrected chi connectivity index (χ1v) is 35.3. The van der Waals surface area contributed by atoms with E-state index in [9.17, 15) is 0 Å². The largest absolute Gasteiger partial charge is 0.415 e. The Balaban J connectivity index is 0.00000108. The van der Waals surface area contributed by atoms with Crippen LogP contribution in [0.1, 0.15) is 72.1 Å². The van der Waals surface area contributed by atoms with E-state index in [1.807, 2.05) is 37.0 Å². The van der Waals surface area contributed by atoms with Crippen molar-refractivity contribution in [2.24, 2.45) is 0 Å². The Bertz CT molecular complexity index is 1280. The van der Waals surface area contributed by atoms with Gasteiger partial charge in [0.05, 0.1) is 26.4 Å². The number of hydrogen-bond acceptors (Lipinski definition) is 8. The molecule has 320 valence electrons. The lowest BCUT2D eigenvalue weighted by Gasteiger charge is -2.41. The lowest BCUT2D eigenvalue weighted by Crippen LogP contribution is -2.63. The van der Waals surface area contributed by atoms with Gasteiger partial charge in [-0.2, -0.15) is 0 Å². The second kappa shape index (κ2) is 29.0. The number of hydrogen-bond donors (Lipinski definition) is 0. The third kappa shape index (κ3) is 22.1. The van der Waals surface area contributed by atoms with Crippen LogP contribution in [0.4, 0.5) is 0 Å². The maximum absolute atomic E-state index is 6.84. The molecule has 0 saturated heterocycles. The van der Waals surface area contributed by atoms with Crippen molar-refractivity contribution >= 4 is 56.6 Å². The second-order valence-corrected chi connectivity index (χ2v) is 35.1. The summed E-state index contributed by atoms with van der Waals surface area (Å²) in [5.74, 6) is 0. The first-order valence-electron chi connectivity index (χ1n) is 20.6. The second-order valence-electron chi connectivity index (χ2n) is 15.0. The Hall–Kier alpha value is -1.36.